The van der Waals surface area contributed by atoms with Crippen molar-refractivity contribution in [3.8, 4) is 0 Å². The van der Waals surface area contributed by atoms with Crippen LogP contribution in [0.4, 0.5) is 18.9 Å². The lowest BCUT2D eigenvalue weighted by Crippen LogP contribution is -2.40. The quantitative estimate of drug-likeness (QED) is 0.888. The number of likely N-dealkylation sites (tertiary alicyclic amines) is 1. The average Bonchev–Trinajstić information content (AvgIpc) is 2.60. The summed E-state index contributed by atoms with van der Waals surface area (Å²) in [6, 6.07) is 5.61. The van der Waals surface area contributed by atoms with Crippen LogP contribution in [-0.4, -0.2) is 48.3 Å². The van der Waals surface area contributed by atoms with Gasteiger partial charge in [0.2, 0.25) is 5.91 Å². The van der Waals surface area contributed by atoms with Crippen molar-refractivity contribution in [3.63, 3.8) is 0 Å². The number of anilines is 1. The second-order valence-corrected chi connectivity index (χ2v) is 7.29. The van der Waals surface area contributed by atoms with Crippen molar-refractivity contribution in [1.29, 1.82) is 0 Å². The van der Waals surface area contributed by atoms with Gasteiger partial charge in [-0.25, -0.2) is 0 Å². The summed E-state index contributed by atoms with van der Waals surface area (Å²) >= 11 is 0. The third-order valence-corrected chi connectivity index (χ3v) is 5.47. The predicted octanol–water partition coefficient (Wildman–Crippen LogP) is 3.29. The standard InChI is InChI=1S/C19H25F3N2O2/c1-13(25)24-8-2-3-14-11-15(4-5-17(14)24)18(26)12-23-9-6-16(7-10-23)19(20,21)22/h4-5,11,16,18,26H,2-3,6-10,12H2,1H3/t18-/m1/s1. The molecule has 0 unspecified atom stereocenters. The van der Waals surface area contributed by atoms with Crippen molar-refractivity contribution < 1.29 is 23.1 Å². The number of β-amino-alcohol motifs (C(OH)–C–C–N with tert-alkyl or cyclic N) is 1. The van der Waals surface area contributed by atoms with Gasteiger partial charge in [-0.1, -0.05) is 12.1 Å². The molecule has 4 nitrogen and oxygen atoms in total. The molecule has 2 aliphatic rings. The zero-order valence-electron chi connectivity index (χ0n) is 14.9. The van der Waals surface area contributed by atoms with Crippen LogP contribution in [0.15, 0.2) is 18.2 Å². The van der Waals surface area contributed by atoms with Gasteiger partial charge in [-0.3, -0.25) is 4.79 Å². The summed E-state index contributed by atoms with van der Waals surface area (Å²) in [5.74, 6) is -1.22. The maximum Gasteiger partial charge on any atom is 0.391 e. The lowest BCUT2D eigenvalue weighted by atomic mass is 9.94. The number of amides is 1. The van der Waals surface area contributed by atoms with Crippen LogP contribution in [0.1, 0.15) is 43.4 Å². The van der Waals surface area contributed by atoms with E-state index in [4.69, 9.17) is 0 Å². The molecule has 0 aliphatic carbocycles. The molecule has 0 bridgehead atoms. The number of aryl methyl sites for hydroxylation is 1. The van der Waals surface area contributed by atoms with E-state index in [1.54, 1.807) is 11.8 Å². The molecule has 0 spiro atoms. The SMILES string of the molecule is CC(=O)N1CCCc2cc([C@H](O)CN3CCC(C(F)(F)F)CC3)ccc21. The number of benzene rings is 1. The molecule has 2 heterocycles. The van der Waals surface area contributed by atoms with Crippen molar-refractivity contribution >= 4 is 11.6 Å². The molecule has 2 aliphatic heterocycles. The third-order valence-electron chi connectivity index (χ3n) is 5.47. The van der Waals surface area contributed by atoms with Crippen molar-refractivity contribution in [2.75, 3.05) is 31.1 Å². The highest BCUT2D eigenvalue weighted by Crippen LogP contribution is 2.35. The van der Waals surface area contributed by atoms with E-state index in [1.807, 2.05) is 23.1 Å². The molecule has 0 saturated carbocycles. The highest BCUT2D eigenvalue weighted by atomic mass is 19.4. The average molecular weight is 370 g/mol. The van der Waals surface area contributed by atoms with Gasteiger partial charge in [0.25, 0.3) is 0 Å². The number of carbonyl (C=O) groups excluding carboxylic acids is 1. The van der Waals surface area contributed by atoms with Gasteiger partial charge in [-0.15, -0.1) is 0 Å². The number of aliphatic hydroxyl groups excluding tert-OH is 1. The maximum absolute atomic E-state index is 12.7. The summed E-state index contributed by atoms with van der Waals surface area (Å²) < 4.78 is 38.2. The van der Waals surface area contributed by atoms with Gasteiger partial charge in [0.15, 0.2) is 0 Å². The Balaban J connectivity index is 1.62. The molecule has 7 heteroatoms. The Morgan fingerprint density at radius 1 is 1.27 bits per heavy atom. The van der Waals surface area contributed by atoms with Gasteiger partial charge < -0.3 is 14.9 Å². The molecule has 1 fully saturated rings. The fourth-order valence-corrected chi connectivity index (χ4v) is 3.94. The Morgan fingerprint density at radius 3 is 2.58 bits per heavy atom. The maximum atomic E-state index is 12.7. The molecule has 1 saturated heterocycles. The first kappa shape index (κ1) is 19.2. The Bertz CT molecular complexity index is 655. The summed E-state index contributed by atoms with van der Waals surface area (Å²) in [5, 5.41) is 10.5. The number of aliphatic hydroxyl groups is 1. The van der Waals surface area contributed by atoms with Crippen molar-refractivity contribution in [2.24, 2.45) is 5.92 Å². The molecular formula is C19H25F3N2O2. The van der Waals surface area contributed by atoms with E-state index in [1.165, 1.54) is 0 Å². The van der Waals surface area contributed by atoms with Gasteiger partial charge in [-0.2, -0.15) is 13.2 Å². The summed E-state index contributed by atoms with van der Waals surface area (Å²) in [5.41, 5.74) is 2.69. The largest absolute Gasteiger partial charge is 0.391 e. The molecule has 1 N–H and O–H groups in total. The van der Waals surface area contributed by atoms with E-state index in [2.05, 4.69) is 0 Å². The van der Waals surface area contributed by atoms with Crippen LogP contribution in [0.3, 0.4) is 0 Å². The number of piperidine rings is 1. The van der Waals surface area contributed by atoms with E-state index in [0.717, 1.165) is 29.7 Å². The minimum atomic E-state index is -4.12. The fraction of sp³-hybridized carbons (Fsp3) is 0.632. The van der Waals surface area contributed by atoms with E-state index in [9.17, 15) is 23.1 Å². The summed E-state index contributed by atoms with van der Waals surface area (Å²) in [6.45, 7) is 3.29. The van der Waals surface area contributed by atoms with E-state index in [-0.39, 0.29) is 18.7 Å². The van der Waals surface area contributed by atoms with Gasteiger partial charge in [-0.05, 0) is 56.0 Å². The van der Waals surface area contributed by atoms with Crippen molar-refractivity contribution in [3.05, 3.63) is 29.3 Å². The zero-order chi connectivity index (χ0) is 18.9. The molecule has 1 aromatic carbocycles. The molecule has 1 amide bonds. The topological polar surface area (TPSA) is 43.8 Å². The van der Waals surface area contributed by atoms with Crippen LogP contribution < -0.4 is 4.90 Å². The van der Waals surface area contributed by atoms with Crippen LogP contribution in [-0.2, 0) is 11.2 Å². The number of halogens is 3. The number of rotatable bonds is 3. The van der Waals surface area contributed by atoms with Gasteiger partial charge in [0, 0.05) is 25.7 Å². The normalized spacial score (nSPS) is 20.7. The summed E-state index contributed by atoms with van der Waals surface area (Å²) in [4.78, 5) is 15.4. The number of fused-ring (bicyclic) bond motifs is 1. The number of nitrogens with zero attached hydrogens (tertiary/aromatic N) is 2. The first-order chi connectivity index (χ1) is 12.3. The van der Waals surface area contributed by atoms with E-state index < -0.39 is 18.2 Å². The van der Waals surface area contributed by atoms with Crippen LogP contribution in [0, 0.1) is 5.92 Å². The second kappa shape index (κ2) is 7.56. The highest BCUT2D eigenvalue weighted by molar-refractivity contribution is 5.92. The molecule has 0 aromatic heterocycles. The van der Waals surface area contributed by atoms with Gasteiger partial charge >= 0.3 is 6.18 Å². The number of hydrogen-bond donors (Lipinski definition) is 1. The Labute approximate surface area is 151 Å². The highest BCUT2D eigenvalue weighted by Gasteiger charge is 2.41. The van der Waals surface area contributed by atoms with Gasteiger partial charge in [0.05, 0.1) is 12.0 Å². The third kappa shape index (κ3) is 4.20. The minimum Gasteiger partial charge on any atom is -0.387 e. The summed E-state index contributed by atoms with van der Waals surface area (Å²) in [7, 11) is 0. The molecule has 26 heavy (non-hydrogen) atoms. The predicted molar refractivity (Wildman–Crippen MR) is 93.0 cm³/mol. The number of carbonyl (C=O) groups is 1. The Hall–Kier alpha value is -1.60. The van der Waals surface area contributed by atoms with E-state index in [0.29, 0.717) is 26.2 Å². The smallest absolute Gasteiger partial charge is 0.387 e. The number of hydrogen-bond acceptors (Lipinski definition) is 3. The van der Waals surface area contributed by atoms with Crippen LogP contribution in [0.25, 0.3) is 0 Å². The van der Waals surface area contributed by atoms with Crippen molar-refractivity contribution in [1.82, 2.24) is 4.90 Å². The molecule has 3 rings (SSSR count). The minimum absolute atomic E-state index is 0.00628. The van der Waals surface area contributed by atoms with E-state index >= 15 is 0 Å². The molecule has 144 valence electrons. The first-order valence-corrected chi connectivity index (χ1v) is 9.14. The molecular weight excluding hydrogens is 345 g/mol. The first-order valence-electron chi connectivity index (χ1n) is 9.14. The molecule has 1 aromatic rings. The summed E-state index contributed by atoms with van der Waals surface area (Å²) in [6.07, 6.45) is -2.93. The molecule has 0 radical (unpaired) electrons. The van der Waals surface area contributed by atoms with Crippen LogP contribution >= 0.6 is 0 Å². The van der Waals surface area contributed by atoms with Crippen LogP contribution in [0.5, 0.6) is 0 Å². The lowest BCUT2D eigenvalue weighted by molar-refractivity contribution is -0.185. The van der Waals surface area contributed by atoms with Gasteiger partial charge in [0.1, 0.15) is 0 Å². The lowest BCUT2D eigenvalue weighted by Gasteiger charge is -2.34. The second-order valence-electron chi connectivity index (χ2n) is 7.29. The fourth-order valence-electron chi connectivity index (χ4n) is 3.94. The monoisotopic (exact) mass is 370 g/mol. The zero-order valence-corrected chi connectivity index (χ0v) is 14.9. The Morgan fingerprint density at radius 2 is 1.96 bits per heavy atom. The van der Waals surface area contributed by atoms with Crippen LogP contribution in [0.2, 0.25) is 0 Å². The Kier molecular flexibility index (Phi) is 5.58. The number of alkyl halides is 3. The molecule has 1 atom stereocenters. The van der Waals surface area contributed by atoms with Crippen molar-refractivity contribution in [2.45, 2.75) is 44.9 Å².